The van der Waals surface area contributed by atoms with Crippen LogP contribution < -0.4 is 5.73 Å². The number of piperidine rings is 1. The van der Waals surface area contributed by atoms with E-state index in [-0.39, 0.29) is 5.91 Å². The summed E-state index contributed by atoms with van der Waals surface area (Å²) in [5.41, 5.74) is 8.28. The quantitative estimate of drug-likeness (QED) is 0.847. The fraction of sp³-hybridized carbons (Fsp3) is 0.562. The van der Waals surface area contributed by atoms with Crippen molar-refractivity contribution in [2.45, 2.75) is 52.0 Å². The molecular formula is C16H24N2O. The molecule has 2 rings (SSSR count). The molecule has 0 aliphatic carbocycles. The third kappa shape index (κ3) is 2.91. The average Bonchev–Trinajstić information content (AvgIpc) is 2.39. The second-order valence-corrected chi connectivity index (χ2v) is 5.48. The number of hydrogen-bond acceptors (Lipinski definition) is 2. The fourth-order valence-electron chi connectivity index (χ4n) is 3.03. The molecule has 2 N–H and O–H groups in total. The summed E-state index contributed by atoms with van der Waals surface area (Å²) in [5.74, 6) is 0.119. The highest BCUT2D eigenvalue weighted by molar-refractivity contribution is 6.00. The van der Waals surface area contributed by atoms with Gasteiger partial charge in [-0.05, 0) is 44.2 Å². The summed E-state index contributed by atoms with van der Waals surface area (Å²) < 4.78 is 0. The lowest BCUT2D eigenvalue weighted by molar-refractivity contribution is 0.0601. The molecule has 0 aromatic heterocycles. The standard InChI is InChI=1S/C16H24N2O/c1-3-7-13-9-4-5-11-18(13)16(19)15-12(2)8-6-10-14(15)17/h6,8,10,13H,3-5,7,9,11,17H2,1-2H3. The van der Waals surface area contributed by atoms with Crippen molar-refractivity contribution in [1.29, 1.82) is 0 Å². The molecule has 1 aromatic carbocycles. The Morgan fingerprint density at radius 1 is 1.42 bits per heavy atom. The molecule has 0 bridgehead atoms. The smallest absolute Gasteiger partial charge is 0.256 e. The summed E-state index contributed by atoms with van der Waals surface area (Å²) in [6.45, 7) is 5.01. The summed E-state index contributed by atoms with van der Waals surface area (Å²) in [6, 6.07) is 6.08. The van der Waals surface area contributed by atoms with Crippen molar-refractivity contribution < 1.29 is 4.79 Å². The highest BCUT2D eigenvalue weighted by Crippen LogP contribution is 2.26. The molecule has 1 saturated heterocycles. The van der Waals surface area contributed by atoms with E-state index in [1.54, 1.807) is 0 Å². The molecule has 0 spiro atoms. The van der Waals surface area contributed by atoms with Crippen molar-refractivity contribution >= 4 is 11.6 Å². The van der Waals surface area contributed by atoms with Crippen LogP contribution >= 0.6 is 0 Å². The van der Waals surface area contributed by atoms with Gasteiger partial charge in [0.05, 0.1) is 5.56 Å². The van der Waals surface area contributed by atoms with Crippen LogP contribution in [0.3, 0.4) is 0 Å². The maximum absolute atomic E-state index is 12.8. The van der Waals surface area contributed by atoms with E-state index in [4.69, 9.17) is 5.73 Å². The van der Waals surface area contributed by atoms with Crippen molar-refractivity contribution in [2.75, 3.05) is 12.3 Å². The number of nitrogens with two attached hydrogens (primary N) is 1. The molecule has 1 unspecified atom stereocenters. The number of amides is 1. The van der Waals surface area contributed by atoms with Crippen LogP contribution in [0.1, 0.15) is 54.9 Å². The summed E-state index contributed by atoms with van der Waals surface area (Å²) in [4.78, 5) is 14.8. The van der Waals surface area contributed by atoms with Gasteiger partial charge in [0.25, 0.3) is 5.91 Å². The van der Waals surface area contributed by atoms with E-state index in [0.717, 1.165) is 37.8 Å². The Balaban J connectivity index is 2.26. The van der Waals surface area contributed by atoms with Crippen LogP contribution in [0.2, 0.25) is 0 Å². The van der Waals surface area contributed by atoms with Gasteiger partial charge in [0.2, 0.25) is 0 Å². The molecule has 1 aliphatic rings. The summed E-state index contributed by atoms with van der Waals surface area (Å²) in [5, 5.41) is 0. The normalized spacial score (nSPS) is 19.5. The molecule has 0 radical (unpaired) electrons. The predicted octanol–water partition coefficient (Wildman–Crippen LogP) is 3.37. The van der Waals surface area contributed by atoms with E-state index in [0.29, 0.717) is 17.3 Å². The molecule has 104 valence electrons. The Labute approximate surface area is 115 Å². The van der Waals surface area contributed by atoms with Gasteiger partial charge in [0.1, 0.15) is 0 Å². The van der Waals surface area contributed by atoms with Gasteiger partial charge in [-0.1, -0.05) is 25.5 Å². The van der Waals surface area contributed by atoms with Gasteiger partial charge in [-0.25, -0.2) is 0 Å². The van der Waals surface area contributed by atoms with Crippen LogP contribution in [0.5, 0.6) is 0 Å². The Hall–Kier alpha value is -1.51. The van der Waals surface area contributed by atoms with E-state index in [1.807, 2.05) is 30.0 Å². The molecule has 0 saturated carbocycles. The number of carbonyl (C=O) groups is 1. The zero-order chi connectivity index (χ0) is 13.8. The van der Waals surface area contributed by atoms with Crippen LogP contribution in [-0.4, -0.2) is 23.4 Å². The first-order chi connectivity index (χ1) is 9.15. The lowest BCUT2D eigenvalue weighted by Gasteiger charge is -2.36. The van der Waals surface area contributed by atoms with Crippen molar-refractivity contribution in [2.24, 2.45) is 0 Å². The Morgan fingerprint density at radius 2 is 2.21 bits per heavy atom. The van der Waals surface area contributed by atoms with Crippen LogP contribution in [0, 0.1) is 6.92 Å². The Morgan fingerprint density at radius 3 is 2.89 bits per heavy atom. The van der Waals surface area contributed by atoms with Crippen LogP contribution in [0.4, 0.5) is 5.69 Å². The number of hydrogen-bond donors (Lipinski definition) is 1. The second-order valence-electron chi connectivity index (χ2n) is 5.48. The van der Waals surface area contributed by atoms with E-state index >= 15 is 0 Å². The summed E-state index contributed by atoms with van der Waals surface area (Å²) in [6.07, 6.45) is 5.69. The van der Waals surface area contributed by atoms with Crippen LogP contribution in [0.15, 0.2) is 18.2 Å². The number of rotatable bonds is 3. The van der Waals surface area contributed by atoms with Gasteiger partial charge in [0.15, 0.2) is 0 Å². The van der Waals surface area contributed by atoms with Gasteiger partial charge in [-0.15, -0.1) is 0 Å². The summed E-state index contributed by atoms with van der Waals surface area (Å²) >= 11 is 0. The highest BCUT2D eigenvalue weighted by atomic mass is 16.2. The molecule has 1 atom stereocenters. The Bertz CT molecular complexity index is 434. The zero-order valence-electron chi connectivity index (χ0n) is 12.0. The molecule has 3 nitrogen and oxygen atoms in total. The lowest BCUT2D eigenvalue weighted by atomic mass is 9.96. The van der Waals surface area contributed by atoms with Gasteiger partial charge in [-0.2, -0.15) is 0 Å². The van der Waals surface area contributed by atoms with Gasteiger partial charge >= 0.3 is 0 Å². The highest BCUT2D eigenvalue weighted by Gasteiger charge is 2.28. The molecular weight excluding hydrogens is 236 g/mol. The van der Waals surface area contributed by atoms with E-state index in [9.17, 15) is 4.79 Å². The van der Waals surface area contributed by atoms with Crippen LogP contribution in [0.25, 0.3) is 0 Å². The van der Waals surface area contributed by atoms with E-state index < -0.39 is 0 Å². The monoisotopic (exact) mass is 260 g/mol. The van der Waals surface area contributed by atoms with Crippen LogP contribution in [-0.2, 0) is 0 Å². The fourth-order valence-corrected chi connectivity index (χ4v) is 3.03. The first kappa shape index (κ1) is 13.9. The maximum atomic E-state index is 12.8. The SMILES string of the molecule is CCCC1CCCCN1C(=O)c1c(C)cccc1N. The van der Waals surface area contributed by atoms with Crippen molar-refractivity contribution in [3.63, 3.8) is 0 Å². The molecule has 1 amide bonds. The third-order valence-corrected chi connectivity index (χ3v) is 4.03. The first-order valence-corrected chi connectivity index (χ1v) is 7.31. The topological polar surface area (TPSA) is 46.3 Å². The molecule has 1 heterocycles. The number of carbonyl (C=O) groups excluding carboxylic acids is 1. The average molecular weight is 260 g/mol. The molecule has 1 fully saturated rings. The minimum Gasteiger partial charge on any atom is -0.398 e. The molecule has 1 aromatic rings. The van der Waals surface area contributed by atoms with Gasteiger partial charge < -0.3 is 10.6 Å². The molecule has 1 aliphatic heterocycles. The second kappa shape index (κ2) is 6.09. The minimum atomic E-state index is 0.119. The zero-order valence-corrected chi connectivity index (χ0v) is 12.0. The number of nitrogens with zero attached hydrogens (tertiary/aromatic N) is 1. The summed E-state index contributed by atoms with van der Waals surface area (Å²) in [7, 11) is 0. The first-order valence-electron chi connectivity index (χ1n) is 7.31. The van der Waals surface area contributed by atoms with E-state index in [1.165, 1.54) is 6.42 Å². The number of benzene rings is 1. The van der Waals surface area contributed by atoms with Gasteiger partial charge in [0, 0.05) is 18.3 Å². The third-order valence-electron chi connectivity index (χ3n) is 4.03. The van der Waals surface area contributed by atoms with E-state index in [2.05, 4.69) is 6.92 Å². The Kier molecular flexibility index (Phi) is 4.46. The number of aryl methyl sites for hydroxylation is 1. The minimum absolute atomic E-state index is 0.119. The van der Waals surface area contributed by atoms with Gasteiger partial charge in [-0.3, -0.25) is 4.79 Å². The number of likely N-dealkylation sites (tertiary alicyclic amines) is 1. The largest absolute Gasteiger partial charge is 0.398 e. The lowest BCUT2D eigenvalue weighted by Crippen LogP contribution is -2.44. The number of nitrogen functional groups attached to an aromatic ring is 1. The van der Waals surface area contributed by atoms with Crippen molar-refractivity contribution in [3.8, 4) is 0 Å². The molecule has 3 heteroatoms. The van der Waals surface area contributed by atoms with Crippen molar-refractivity contribution in [1.82, 2.24) is 4.90 Å². The molecule has 19 heavy (non-hydrogen) atoms. The number of anilines is 1. The van der Waals surface area contributed by atoms with Crippen molar-refractivity contribution in [3.05, 3.63) is 29.3 Å². The predicted molar refractivity (Wildman–Crippen MR) is 79.2 cm³/mol. The maximum Gasteiger partial charge on any atom is 0.256 e.